The average molecular weight is 546 g/mol. The van der Waals surface area contributed by atoms with Crippen molar-refractivity contribution in [3.05, 3.63) is 66.5 Å². The molecule has 0 fully saturated rings. The number of hydrogen-bond acceptors (Lipinski definition) is 2. The van der Waals surface area contributed by atoms with E-state index in [0.717, 1.165) is 8.95 Å². The molecule has 2 aromatic carbocycles. The van der Waals surface area contributed by atoms with Gasteiger partial charge in [0.2, 0.25) is 0 Å². The number of ketones is 2. The van der Waals surface area contributed by atoms with Crippen LogP contribution in [0, 0.1) is 0 Å². The van der Waals surface area contributed by atoms with Crippen LogP contribution in [-0.4, -0.2) is 16.9 Å². The van der Waals surface area contributed by atoms with Gasteiger partial charge < -0.3 is 0 Å². The van der Waals surface area contributed by atoms with Crippen molar-refractivity contribution in [2.45, 2.75) is 6.92 Å². The van der Waals surface area contributed by atoms with Crippen molar-refractivity contribution < 1.29 is 9.59 Å². The Bertz CT molecular complexity index is 733. The van der Waals surface area contributed by atoms with Crippen LogP contribution in [0.5, 0.6) is 0 Å². The Hall–Kier alpha value is -0.200. The molecule has 0 unspecified atom stereocenters. The molecule has 0 saturated carbocycles. The van der Waals surface area contributed by atoms with Gasteiger partial charge >= 0.3 is 0 Å². The van der Waals surface area contributed by atoms with Crippen LogP contribution in [0.15, 0.2) is 45.3 Å². The van der Waals surface area contributed by atoms with Crippen molar-refractivity contribution in [1.82, 2.24) is 0 Å². The van der Waals surface area contributed by atoms with Gasteiger partial charge in [-0.05, 0) is 75.2 Å². The van der Waals surface area contributed by atoms with Gasteiger partial charge in [-0.15, -0.1) is 0 Å². The van der Waals surface area contributed by atoms with Gasteiger partial charge in [0.25, 0.3) is 0 Å². The quantitative estimate of drug-likeness (QED) is 0.308. The zero-order valence-electron chi connectivity index (χ0n) is 11.9. The van der Waals surface area contributed by atoms with Crippen molar-refractivity contribution in [2.75, 3.05) is 5.33 Å². The number of carbonyl (C=O) groups excluding carboxylic acids is 2. The minimum absolute atomic E-state index is 0.0439. The number of Topliss-reactive ketones (excluding diaryl/α,β-unsaturated/α-hetero) is 2. The first-order chi connectivity index (χ1) is 10.8. The Labute approximate surface area is 169 Å². The normalized spacial score (nSPS) is 9.83. The Kier molecular flexibility index (Phi) is 9.01. The molecule has 0 saturated heterocycles. The van der Waals surface area contributed by atoms with E-state index in [9.17, 15) is 9.59 Å². The van der Waals surface area contributed by atoms with Gasteiger partial charge in [-0.3, -0.25) is 9.59 Å². The monoisotopic (exact) mass is 542 g/mol. The number of alkyl halides is 1. The first kappa shape index (κ1) is 20.8. The van der Waals surface area contributed by atoms with E-state index in [-0.39, 0.29) is 11.6 Å². The van der Waals surface area contributed by atoms with Crippen LogP contribution in [0.25, 0.3) is 0 Å². The standard InChI is InChI=1S/C8H5Br2ClO.C8H6BrClO/c9-4-8(12)5-1-2-7(11)6(10)3-5;1-5(11)6-2-3-8(10)7(9)4-6/h1-3H,4H2;2-4H,1H3. The van der Waals surface area contributed by atoms with E-state index >= 15 is 0 Å². The molecule has 0 heterocycles. The van der Waals surface area contributed by atoms with Gasteiger partial charge in [-0.2, -0.15) is 0 Å². The second-order valence-corrected chi connectivity index (χ2v) is 7.45. The lowest BCUT2D eigenvalue weighted by Gasteiger charge is -1.99. The third-order valence-corrected chi connectivity index (χ3v) is 5.63. The lowest BCUT2D eigenvalue weighted by molar-refractivity contribution is 0.101. The highest BCUT2D eigenvalue weighted by Crippen LogP contribution is 2.24. The summed E-state index contributed by atoms with van der Waals surface area (Å²) in [6.45, 7) is 1.52. The van der Waals surface area contributed by atoms with E-state index in [4.69, 9.17) is 23.2 Å². The zero-order valence-corrected chi connectivity index (χ0v) is 18.1. The van der Waals surface area contributed by atoms with E-state index in [0.29, 0.717) is 26.5 Å². The first-order valence-corrected chi connectivity index (χ1v) is 9.72. The smallest absolute Gasteiger partial charge is 0.173 e. The average Bonchev–Trinajstić information content (AvgIpc) is 2.52. The van der Waals surface area contributed by atoms with Crippen molar-refractivity contribution in [3.8, 4) is 0 Å². The molecule has 2 nitrogen and oxygen atoms in total. The Balaban J connectivity index is 0.000000231. The van der Waals surface area contributed by atoms with Gasteiger partial charge in [0.15, 0.2) is 11.6 Å². The molecule has 0 N–H and O–H groups in total. The van der Waals surface area contributed by atoms with Crippen LogP contribution in [0.4, 0.5) is 0 Å². The summed E-state index contributed by atoms with van der Waals surface area (Å²) in [5, 5.41) is 1.57. The summed E-state index contributed by atoms with van der Waals surface area (Å²) in [7, 11) is 0. The minimum atomic E-state index is 0.0439. The molecule has 23 heavy (non-hydrogen) atoms. The molecule has 7 heteroatoms. The van der Waals surface area contributed by atoms with E-state index in [1.54, 1.807) is 36.4 Å². The molecule has 0 atom stereocenters. The molecule has 0 aromatic heterocycles. The predicted octanol–water partition coefficient (Wildman–Crippen LogP) is 6.99. The lowest BCUT2D eigenvalue weighted by Crippen LogP contribution is -1.99. The van der Waals surface area contributed by atoms with Crippen molar-refractivity contribution in [1.29, 1.82) is 0 Å². The summed E-state index contributed by atoms with van der Waals surface area (Å²) in [5.41, 5.74) is 1.32. The Morgan fingerprint density at radius 3 is 1.74 bits per heavy atom. The Morgan fingerprint density at radius 1 is 0.913 bits per heavy atom. The van der Waals surface area contributed by atoms with Crippen molar-refractivity contribution >= 4 is 82.6 Å². The number of benzene rings is 2. The largest absolute Gasteiger partial charge is 0.295 e. The molecular formula is C16H11Br3Cl2O2. The summed E-state index contributed by atoms with van der Waals surface area (Å²) in [4.78, 5) is 22.0. The second kappa shape index (κ2) is 9.94. The van der Waals surface area contributed by atoms with Gasteiger partial charge in [-0.25, -0.2) is 0 Å². The van der Waals surface area contributed by atoms with Gasteiger partial charge in [0, 0.05) is 20.1 Å². The van der Waals surface area contributed by atoms with Crippen LogP contribution in [0.1, 0.15) is 27.6 Å². The molecule has 122 valence electrons. The summed E-state index contributed by atoms with van der Waals surface area (Å²) >= 11 is 21.1. The third kappa shape index (κ3) is 6.67. The highest BCUT2D eigenvalue weighted by molar-refractivity contribution is 9.11. The predicted molar refractivity (Wildman–Crippen MR) is 106 cm³/mol. The first-order valence-electron chi connectivity index (χ1n) is 6.26. The highest BCUT2D eigenvalue weighted by Gasteiger charge is 2.05. The lowest BCUT2D eigenvalue weighted by atomic mass is 10.2. The SMILES string of the molecule is CC(=O)c1ccc(Cl)c(Br)c1.O=C(CBr)c1ccc(Cl)c(Br)c1. The molecule has 0 aliphatic rings. The molecule has 0 amide bonds. The van der Waals surface area contributed by atoms with Crippen LogP contribution in [0.2, 0.25) is 10.0 Å². The van der Waals surface area contributed by atoms with E-state index in [1.165, 1.54) is 6.92 Å². The number of hydrogen-bond donors (Lipinski definition) is 0. The molecule has 2 rings (SSSR count). The van der Waals surface area contributed by atoms with E-state index in [2.05, 4.69) is 47.8 Å². The molecule has 0 bridgehead atoms. The maximum atomic E-state index is 11.2. The molecule has 0 aliphatic heterocycles. The summed E-state index contributed by atoms with van der Waals surface area (Å²) in [6, 6.07) is 10.2. The molecule has 0 radical (unpaired) electrons. The fourth-order valence-electron chi connectivity index (χ4n) is 1.46. The summed E-state index contributed by atoms with van der Waals surface area (Å²) in [5.74, 6) is 0.0923. The van der Waals surface area contributed by atoms with Crippen LogP contribution < -0.4 is 0 Å². The highest BCUT2D eigenvalue weighted by atomic mass is 79.9. The minimum Gasteiger partial charge on any atom is -0.295 e. The maximum absolute atomic E-state index is 11.2. The maximum Gasteiger partial charge on any atom is 0.173 e. The summed E-state index contributed by atoms with van der Waals surface area (Å²) in [6.07, 6.45) is 0. The van der Waals surface area contributed by atoms with Crippen molar-refractivity contribution in [3.63, 3.8) is 0 Å². The number of halogens is 5. The van der Waals surface area contributed by atoms with E-state index < -0.39 is 0 Å². The number of rotatable bonds is 3. The number of carbonyl (C=O) groups is 2. The molecular weight excluding hydrogens is 535 g/mol. The fraction of sp³-hybridized carbons (Fsp3) is 0.125. The van der Waals surface area contributed by atoms with Gasteiger partial charge in [-0.1, -0.05) is 39.1 Å². The van der Waals surface area contributed by atoms with Crippen LogP contribution >= 0.6 is 71.0 Å². The molecule has 0 spiro atoms. The topological polar surface area (TPSA) is 34.1 Å². The molecule has 0 aliphatic carbocycles. The van der Waals surface area contributed by atoms with Crippen molar-refractivity contribution in [2.24, 2.45) is 0 Å². The Morgan fingerprint density at radius 2 is 1.35 bits per heavy atom. The zero-order chi connectivity index (χ0) is 17.6. The second-order valence-electron chi connectivity index (χ2n) is 4.37. The van der Waals surface area contributed by atoms with Gasteiger partial charge in [0.05, 0.1) is 15.4 Å². The summed E-state index contributed by atoms with van der Waals surface area (Å²) < 4.78 is 1.50. The van der Waals surface area contributed by atoms with E-state index in [1.807, 2.05) is 0 Å². The van der Waals surface area contributed by atoms with Crippen LogP contribution in [0.3, 0.4) is 0 Å². The third-order valence-electron chi connectivity index (χ3n) is 2.69. The molecule has 2 aromatic rings. The van der Waals surface area contributed by atoms with Gasteiger partial charge in [0.1, 0.15) is 0 Å². The fourth-order valence-corrected chi connectivity index (χ4v) is 2.78. The van der Waals surface area contributed by atoms with Crippen LogP contribution in [-0.2, 0) is 0 Å².